The molecule has 0 unspecified atom stereocenters. The SMILES string of the molecule is COC(=O)c1c(C)nc(CCC(F)(F)F)nc1N. The molecule has 0 aliphatic heterocycles. The van der Waals surface area contributed by atoms with Gasteiger partial charge in [0.25, 0.3) is 0 Å². The minimum Gasteiger partial charge on any atom is -0.465 e. The minimum absolute atomic E-state index is 0.0201. The average Bonchev–Trinajstić information content (AvgIpc) is 2.24. The molecule has 0 fully saturated rings. The van der Waals surface area contributed by atoms with E-state index < -0.39 is 18.6 Å². The summed E-state index contributed by atoms with van der Waals surface area (Å²) in [5.41, 5.74) is 5.69. The number of carbonyl (C=O) groups is 1. The highest BCUT2D eigenvalue weighted by Crippen LogP contribution is 2.22. The summed E-state index contributed by atoms with van der Waals surface area (Å²) in [4.78, 5) is 18.8. The van der Waals surface area contributed by atoms with E-state index in [1.54, 1.807) is 0 Å². The Morgan fingerprint density at radius 2 is 2.00 bits per heavy atom. The number of anilines is 1. The molecule has 8 heteroatoms. The molecule has 100 valence electrons. The summed E-state index contributed by atoms with van der Waals surface area (Å²) < 4.78 is 40.6. The molecule has 0 bridgehead atoms. The van der Waals surface area contributed by atoms with Gasteiger partial charge in [0.15, 0.2) is 0 Å². The zero-order valence-electron chi connectivity index (χ0n) is 9.84. The van der Waals surface area contributed by atoms with Crippen molar-refractivity contribution in [3.8, 4) is 0 Å². The van der Waals surface area contributed by atoms with Crippen LogP contribution in [0.2, 0.25) is 0 Å². The van der Waals surface area contributed by atoms with Crippen molar-refractivity contribution in [3.63, 3.8) is 0 Å². The Hall–Kier alpha value is -1.86. The quantitative estimate of drug-likeness (QED) is 0.839. The van der Waals surface area contributed by atoms with Gasteiger partial charge in [0.2, 0.25) is 0 Å². The maximum absolute atomic E-state index is 12.0. The molecule has 1 aromatic heterocycles. The molecular weight excluding hydrogens is 251 g/mol. The van der Waals surface area contributed by atoms with E-state index in [1.165, 1.54) is 14.0 Å². The van der Waals surface area contributed by atoms with Crippen LogP contribution in [-0.4, -0.2) is 29.2 Å². The van der Waals surface area contributed by atoms with Crippen molar-refractivity contribution >= 4 is 11.8 Å². The molecule has 18 heavy (non-hydrogen) atoms. The maximum atomic E-state index is 12.0. The number of esters is 1. The summed E-state index contributed by atoms with van der Waals surface area (Å²) in [7, 11) is 1.17. The van der Waals surface area contributed by atoms with E-state index in [2.05, 4.69) is 14.7 Å². The molecule has 2 N–H and O–H groups in total. The fourth-order valence-electron chi connectivity index (χ4n) is 1.37. The molecule has 0 amide bonds. The van der Waals surface area contributed by atoms with Crippen LogP contribution >= 0.6 is 0 Å². The lowest BCUT2D eigenvalue weighted by molar-refractivity contribution is -0.134. The number of nitrogen functional groups attached to an aromatic ring is 1. The van der Waals surface area contributed by atoms with Gasteiger partial charge in [-0.2, -0.15) is 13.2 Å². The second-order valence-electron chi connectivity index (χ2n) is 3.59. The summed E-state index contributed by atoms with van der Waals surface area (Å²) in [5.74, 6) is -0.936. The van der Waals surface area contributed by atoms with Crippen molar-refractivity contribution in [2.75, 3.05) is 12.8 Å². The fourth-order valence-corrected chi connectivity index (χ4v) is 1.37. The Kier molecular flexibility index (Phi) is 4.10. The van der Waals surface area contributed by atoms with E-state index in [9.17, 15) is 18.0 Å². The van der Waals surface area contributed by atoms with Crippen LogP contribution in [0.3, 0.4) is 0 Å². The Bertz CT molecular complexity index is 437. The third kappa shape index (κ3) is 3.57. The number of hydrogen-bond donors (Lipinski definition) is 1. The molecule has 0 saturated carbocycles. The highest BCUT2D eigenvalue weighted by Gasteiger charge is 2.27. The van der Waals surface area contributed by atoms with Crippen molar-refractivity contribution < 1.29 is 22.7 Å². The number of nitrogens with two attached hydrogens (primary N) is 1. The van der Waals surface area contributed by atoms with Gasteiger partial charge >= 0.3 is 12.1 Å². The predicted octanol–water partition coefficient (Wildman–Crippen LogP) is 1.65. The highest BCUT2D eigenvalue weighted by atomic mass is 19.4. The standard InChI is InChI=1S/C10H12F3N3O2/c1-5-7(9(17)18-2)8(14)16-6(15-5)3-4-10(11,12)13/h3-4H2,1-2H3,(H2,14,15,16). The van der Waals surface area contributed by atoms with Crippen LogP contribution in [0.15, 0.2) is 0 Å². The van der Waals surface area contributed by atoms with Crippen LogP contribution in [0.5, 0.6) is 0 Å². The summed E-state index contributed by atoms with van der Waals surface area (Å²) >= 11 is 0. The van der Waals surface area contributed by atoms with Crippen molar-refractivity contribution in [1.82, 2.24) is 9.97 Å². The van der Waals surface area contributed by atoms with E-state index in [0.717, 1.165) is 0 Å². The largest absolute Gasteiger partial charge is 0.465 e. The maximum Gasteiger partial charge on any atom is 0.389 e. The number of ether oxygens (including phenoxy) is 1. The number of aromatic nitrogens is 2. The van der Waals surface area contributed by atoms with Gasteiger partial charge in [0.05, 0.1) is 19.2 Å². The predicted molar refractivity (Wildman–Crippen MR) is 56.9 cm³/mol. The van der Waals surface area contributed by atoms with E-state index >= 15 is 0 Å². The molecule has 0 aliphatic rings. The van der Waals surface area contributed by atoms with Crippen molar-refractivity contribution in [1.29, 1.82) is 0 Å². The van der Waals surface area contributed by atoms with Crippen LogP contribution in [0.25, 0.3) is 0 Å². The smallest absolute Gasteiger partial charge is 0.389 e. The molecule has 5 nitrogen and oxygen atoms in total. The van der Waals surface area contributed by atoms with Crippen LogP contribution in [0, 0.1) is 6.92 Å². The van der Waals surface area contributed by atoms with E-state index in [1.807, 2.05) is 0 Å². The third-order valence-corrected chi connectivity index (χ3v) is 2.19. The van der Waals surface area contributed by atoms with E-state index in [0.29, 0.717) is 0 Å². The number of rotatable bonds is 3. The molecule has 0 spiro atoms. The van der Waals surface area contributed by atoms with Crippen LogP contribution in [-0.2, 0) is 11.2 Å². The van der Waals surface area contributed by atoms with Gasteiger partial charge in [-0.15, -0.1) is 0 Å². The normalized spacial score (nSPS) is 11.4. The van der Waals surface area contributed by atoms with Crippen LogP contribution in [0.1, 0.15) is 28.3 Å². The number of alkyl halides is 3. The molecule has 1 heterocycles. The Balaban J connectivity index is 2.96. The lowest BCUT2D eigenvalue weighted by atomic mass is 10.2. The lowest BCUT2D eigenvalue weighted by Crippen LogP contribution is -2.15. The Morgan fingerprint density at radius 1 is 1.39 bits per heavy atom. The zero-order chi connectivity index (χ0) is 13.9. The zero-order valence-corrected chi connectivity index (χ0v) is 9.84. The molecule has 1 rings (SSSR count). The first-order valence-electron chi connectivity index (χ1n) is 5.02. The number of aryl methyl sites for hydroxylation is 2. The van der Waals surface area contributed by atoms with Gasteiger partial charge in [-0.25, -0.2) is 14.8 Å². The van der Waals surface area contributed by atoms with E-state index in [-0.39, 0.29) is 29.3 Å². The first-order chi connectivity index (χ1) is 8.24. The highest BCUT2D eigenvalue weighted by molar-refractivity contribution is 5.95. The summed E-state index contributed by atoms with van der Waals surface area (Å²) in [6, 6.07) is 0. The van der Waals surface area contributed by atoms with Gasteiger partial charge in [-0.1, -0.05) is 0 Å². The molecule has 0 aromatic carbocycles. The van der Waals surface area contributed by atoms with Gasteiger partial charge in [-0.05, 0) is 6.92 Å². The molecule has 0 atom stereocenters. The number of halogens is 3. The first-order valence-corrected chi connectivity index (χ1v) is 5.02. The fraction of sp³-hybridized carbons (Fsp3) is 0.500. The Labute approximate surface area is 101 Å². The average molecular weight is 263 g/mol. The summed E-state index contributed by atoms with van der Waals surface area (Å²) in [6.07, 6.45) is -5.70. The van der Waals surface area contributed by atoms with E-state index in [4.69, 9.17) is 5.73 Å². The second-order valence-corrected chi connectivity index (χ2v) is 3.59. The topological polar surface area (TPSA) is 78.1 Å². The number of nitrogens with zero attached hydrogens (tertiary/aromatic N) is 2. The molecule has 0 saturated heterocycles. The molecular formula is C10H12F3N3O2. The van der Waals surface area contributed by atoms with Crippen molar-refractivity contribution in [2.45, 2.75) is 25.9 Å². The van der Waals surface area contributed by atoms with Crippen LogP contribution < -0.4 is 5.73 Å². The van der Waals surface area contributed by atoms with Crippen molar-refractivity contribution in [2.24, 2.45) is 0 Å². The third-order valence-electron chi connectivity index (χ3n) is 2.19. The number of hydrogen-bond acceptors (Lipinski definition) is 5. The number of methoxy groups -OCH3 is 1. The van der Waals surface area contributed by atoms with Gasteiger partial charge < -0.3 is 10.5 Å². The number of carbonyl (C=O) groups excluding carboxylic acids is 1. The second kappa shape index (κ2) is 5.19. The lowest BCUT2D eigenvalue weighted by Gasteiger charge is -2.09. The summed E-state index contributed by atoms with van der Waals surface area (Å²) in [5, 5.41) is 0. The molecule has 0 radical (unpaired) electrons. The molecule has 1 aromatic rings. The monoisotopic (exact) mass is 263 g/mol. The van der Waals surface area contributed by atoms with Gasteiger partial charge in [0.1, 0.15) is 17.2 Å². The van der Waals surface area contributed by atoms with Crippen molar-refractivity contribution in [3.05, 3.63) is 17.1 Å². The first kappa shape index (κ1) is 14.2. The Morgan fingerprint density at radius 3 is 2.44 bits per heavy atom. The minimum atomic E-state index is -4.28. The van der Waals surface area contributed by atoms with Crippen LogP contribution in [0.4, 0.5) is 19.0 Å². The van der Waals surface area contributed by atoms with Gasteiger partial charge in [0, 0.05) is 6.42 Å². The summed E-state index contributed by atoms with van der Waals surface area (Å²) in [6.45, 7) is 1.46. The molecule has 0 aliphatic carbocycles. The van der Waals surface area contributed by atoms with Gasteiger partial charge in [-0.3, -0.25) is 0 Å².